The van der Waals surface area contributed by atoms with Gasteiger partial charge >= 0.3 is 0 Å². The molecule has 114 valence electrons. The zero-order chi connectivity index (χ0) is 15.4. The molecule has 1 aliphatic rings. The lowest BCUT2D eigenvalue weighted by Crippen LogP contribution is -2.41. The summed E-state index contributed by atoms with van der Waals surface area (Å²) in [5.74, 6) is -0.760. The number of aromatic nitrogens is 1. The van der Waals surface area contributed by atoms with Gasteiger partial charge in [0.1, 0.15) is 0 Å². The number of imide groups is 1. The number of nitrogens with one attached hydrogen (secondary N) is 1. The predicted molar refractivity (Wildman–Crippen MR) is 81.0 cm³/mol. The fraction of sp³-hybridized carbons (Fsp3) is 0.500. The molecule has 1 aliphatic heterocycles. The van der Waals surface area contributed by atoms with E-state index in [0.29, 0.717) is 18.1 Å². The Labute approximate surface area is 130 Å². The quantitative estimate of drug-likeness (QED) is 0.758. The van der Waals surface area contributed by atoms with Crippen LogP contribution in [0.25, 0.3) is 0 Å². The third kappa shape index (κ3) is 4.43. The van der Waals surface area contributed by atoms with E-state index in [0.717, 1.165) is 16.3 Å². The number of likely N-dealkylation sites (tertiary alicyclic amines) is 1. The van der Waals surface area contributed by atoms with Gasteiger partial charge in [-0.15, -0.1) is 11.8 Å². The largest absolute Gasteiger partial charge is 0.375 e. The van der Waals surface area contributed by atoms with Gasteiger partial charge in [-0.05, 0) is 13.3 Å². The van der Waals surface area contributed by atoms with Crippen LogP contribution in [-0.2, 0) is 14.4 Å². The number of rotatable bonds is 5. The number of carbonyl (C=O) groups is 3. The van der Waals surface area contributed by atoms with Gasteiger partial charge in [-0.1, -0.05) is 11.3 Å². The second-order valence-corrected chi connectivity index (χ2v) is 6.88. The Kier molecular flexibility index (Phi) is 5.18. The van der Waals surface area contributed by atoms with E-state index in [-0.39, 0.29) is 24.1 Å². The number of carbonyl (C=O) groups excluding carboxylic acids is 3. The molecule has 1 fully saturated rings. The van der Waals surface area contributed by atoms with Crippen molar-refractivity contribution in [1.82, 2.24) is 15.2 Å². The molecule has 0 aromatic carbocycles. The Morgan fingerprint density at radius 2 is 2.24 bits per heavy atom. The molecule has 0 bridgehead atoms. The molecule has 2 heterocycles. The number of aryl methyl sites for hydroxylation is 1. The van der Waals surface area contributed by atoms with E-state index >= 15 is 0 Å². The zero-order valence-corrected chi connectivity index (χ0v) is 13.2. The Bertz CT molecular complexity index is 573. The normalized spacial score (nSPS) is 14.5. The van der Waals surface area contributed by atoms with E-state index in [2.05, 4.69) is 10.3 Å². The van der Waals surface area contributed by atoms with Crippen molar-refractivity contribution in [3.8, 4) is 0 Å². The van der Waals surface area contributed by atoms with Crippen LogP contribution in [0, 0.1) is 6.92 Å². The molecule has 1 saturated heterocycles. The highest BCUT2D eigenvalue weighted by Crippen LogP contribution is 2.30. The summed E-state index contributed by atoms with van der Waals surface area (Å²) in [5, 5.41) is 2.74. The molecular formula is C12H16N4O3S2. The van der Waals surface area contributed by atoms with Crippen LogP contribution in [0.1, 0.15) is 18.5 Å². The first-order valence-electron chi connectivity index (χ1n) is 6.42. The van der Waals surface area contributed by atoms with Crippen molar-refractivity contribution in [2.45, 2.75) is 24.0 Å². The van der Waals surface area contributed by atoms with Crippen molar-refractivity contribution in [3.05, 3.63) is 5.69 Å². The molecule has 7 nitrogen and oxygen atoms in total. The molecule has 9 heteroatoms. The summed E-state index contributed by atoms with van der Waals surface area (Å²) >= 11 is 2.61. The molecule has 0 spiro atoms. The molecule has 21 heavy (non-hydrogen) atoms. The topological polar surface area (TPSA) is 105 Å². The summed E-state index contributed by atoms with van der Waals surface area (Å²) < 4.78 is 0.866. The van der Waals surface area contributed by atoms with Crippen LogP contribution >= 0.6 is 23.1 Å². The van der Waals surface area contributed by atoms with Gasteiger partial charge in [0.15, 0.2) is 5.13 Å². The Balaban J connectivity index is 1.75. The fourth-order valence-corrected chi connectivity index (χ4v) is 3.77. The molecule has 3 amide bonds. The zero-order valence-electron chi connectivity index (χ0n) is 11.5. The van der Waals surface area contributed by atoms with Gasteiger partial charge in [-0.25, -0.2) is 4.98 Å². The minimum Gasteiger partial charge on any atom is -0.375 e. The summed E-state index contributed by atoms with van der Waals surface area (Å²) in [6.07, 6.45) is 1.24. The van der Waals surface area contributed by atoms with E-state index in [9.17, 15) is 14.4 Å². The lowest BCUT2D eigenvalue weighted by atomic mass is 10.4. The van der Waals surface area contributed by atoms with Crippen molar-refractivity contribution < 1.29 is 14.4 Å². The van der Waals surface area contributed by atoms with E-state index in [4.69, 9.17) is 5.73 Å². The molecule has 0 aliphatic carbocycles. The average Bonchev–Trinajstić information content (AvgIpc) is 2.93. The first-order chi connectivity index (χ1) is 9.95. The summed E-state index contributed by atoms with van der Waals surface area (Å²) in [6, 6.07) is 0. The van der Waals surface area contributed by atoms with Gasteiger partial charge in [0, 0.05) is 13.0 Å². The van der Waals surface area contributed by atoms with Crippen molar-refractivity contribution in [2.75, 3.05) is 24.6 Å². The smallest absolute Gasteiger partial charge is 0.246 e. The number of nitrogen functional groups attached to an aromatic ring is 1. The molecule has 0 unspecified atom stereocenters. The van der Waals surface area contributed by atoms with Crippen LogP contribution in [0.5, 0.6) is 0 Å². The van der Waals surface area contributed by atoms with Gasteiger partial charge < -0.3 is 10.6 Å². The number of amides is 3. The number of anilines is 1. The van der Waals surface area contributed by atoms with Crippen molar-refractivity contribution in [1.29, 1.82) is 0 Å². The first-order valence-corrected chi connectivity index (χ1v) is 8.22. The maximum Gasteiger partial charge on any atom is 0.246 e. The van der Waals surface area contributed by atoms with Gasteiger partial charge in [0.25, 0.3) is 0 Å². The Hall–Kier alpha value is -1.61. The SMILES string of the molecule is Cc1nc(N)sc1SCC(=O)NC(=O)CN1CCCC1=O. The van der Waals surface area contributed by atoms with E-state index in [1.54, 1.807) is 0 Å². The van der Waals surface area contributed by atoms with Gasteiger partial charge in [-0.2, -0.15) is 0 Å². The van der Waals surface area contributed by atoms with E-state index in [1.807, 2.05) is 6.92 Å². The van der Waals surface area contributed by atoms with Gasteiger partial charge in [0.05, 0.1) is 22.2 Å². The number of hydrogen-bond acceptors (Lipinski definition) is 7. The standard InChI is InChI=1S/C12H16N4O3S2/c1-7-11(21-12(13)14-7)20-6-9(18)15-8(17)5-16-4-2-3-10(16)19/h2-6H2,1H3,(H2,13,14)(H,15,17,18). The highest BCUT2D eigenvalue weighted by molar-refractivity contribution is 8.01. The van der Waals surface area contributed by atoms with Crippen LogP contribution in [0.3, 0.4) is 0 Å². The lowest BCUT2D eigenvalue weighted by molar-refractivity contribution is -0.135. The molecule has 0 atom stereocenters. The number of nitrogens with zero attached hydrogens (tertiary/aromatic N) is 2. The number of thiazole rings is 1. The van der Waals surface area contributed by atoms with Gasteiger partial charge in [0.2, 0.25) is 17.7 Å². The fourth-order valence-electron chi connectivity index (χ4n) is 1.94. The number of nitrogens with two attached hydrogens (primary N) is 1. The minimum absolute atomic E-state index is 0.0391. The molecule has 1 aromatic rings. The summed E-state index contributed by atoms with van der Waals surface area (Å²) in [4.78, 5) is 40.3. The van der Waals surface area contributed by atoms with Crippen LogP contribution in [0.4, 0.5) is 5.13 Å². The first kappa shape index (κ1) is 15.8. The van der Waals surface area contributed by atoms with Crippen molar-refractivity contribution in [3.63, 3.8) is 0 Å². The van der Waals surface area contributed by atoms with Crippen LogP contribution in [-0.4, -0.2) is 46.4 Å². The summed E-state index contributed by atoms with van der Waals surface area (Å²) in [7, 11) is 0. The third-order valence-electron chi connectivity index (χ3n) is 2.89. The Morgan fingerprint density at radius 3 is 2.81 bits per heavy atom. The van der Waals surface area contributed by atoms with Gasteiger partial charge in [-0.3, -0.25) is 19.7 Å². The second kappa shape index (κ2) is 6.90. The maximum atomic E-state index is 11.7. The van der Waals surface area contributed by atoms with Crippen LogP contribution in [0.2, 0.25) is 0 Å². The monoisotopic (exact) mass is 328 g/mol. The molecule has 2 rings (SSSR count). The molecular weight excluding hydrogens is 312 g/mol. The molecule has 0 saturated carbocycles. The lowest BCUT2D eigenvalue weighted by Gasteiger charge is -2.14. The van der Waals surface area contributed by atoms with Crippen LogP contribution in [0.15, 0.2) is 4.21 Å². The van der Waals surface area contributed by atoms with Crippen molar-refractivity contribution >= 4 is 46.0 Å². The summed E-state index contributed by atoms with van der Waals surface area (Å²) in [5.41, 5.74) is 6.35. The molecule has 0 radical (unpaired) electrons. The maximum absolute atomic E-state index is 11.7. The number of hydrogen-bond donors (Lipinski definition) is 2. The van der Waals surface area contributed by atoms with Crippen molar-refractivity contribution in [2.24, 2.45) is 0 Å². The highest BCUT2D eigenvalue weighted by atomic mass is 32.2. The highest BCUT2D eigenvalue weighted by Gasteiger charge is 2.23. The Morgan fingerprint density at radius 1 is 1.48 bits per heavy atom. The number of thioether (sulfide) groups is 1. The average molecular weight is 328 g/mol. The molecule has 3 N–H and O–H groups in total. The van der Waals surface area contributed by atoms with E-state index in [1.165, 1.54) is 28.0 Å². The predicted octanol–water partition coefficient (Wildman–Crippen LogP) is 0.391. The minimum atomic E-state index is -0.448. The third-order valence-corrected chi connectivity index (χ3v) is 5.24. The second-order valence-electron chi connectivity index (χ2n) is 4.60. The molecule has 1 aromatic heterocycles. The van der Waals surface area contributed by atoms with Crippen LogP contribution < -0.4 is 11.1 Å². The summed E-state index contributed by atoms with van der Waals surface area (Å²) in [6.45, 7) is 2.34. The van der Waals surface area contributed by atoms with E-state index < -0.39 is 5.91 Å².